The number of alkyl halides is 3. The number of benzene rings is 1. The number of carbonyl (C=O) groups is 1. The number of rotatable bonds is 7. The van der Waals surface area contributed by atoms with Crippen molar-refractivity contribution in [1.29, 1.82) is 0 Å². The largest absolute Gasteiger partial charge is 0.573 e. The van der Waals surface area contributed by atoms with E-state index in [9.17, 15) is 18.0 Å². The van der Waals surface area contributed by atoms with E-state index in [1.165, 1.54) is 12.1 Å². The highest BCUT2D eigenvalue weighted by Gasteiger charge is 2.31. The summed E-state index contributed by atoms with van der Waals surface area (Å²) in [5.74, 6) is -0.377. The van der Waals surface area contributed by atoms with Crippen LogP contribution in [0.15, 0.2) is 24.3 Å². The molecule has 8 heteroatoms. The molecular formula is C13H18ClF3N2O2. The van der Waals surface area contributed by atoms with Crippen molar-refractivity contribution in [2.24, 2.45) is 0 Å². The van der Waals surface area contributed by atoms with E-state index in [1.54, 1.807) is 19.2 Å². The quantitative estimate of drug-likeness (QED) is 0.808. The van der Waals surface area contributed by atoms with Gasteiger partial charge in [-0.15, -0.1) is 25.6 Å². The molecule has 0 saturated heterocycles. The van der Waals surface area contributed by atoms with Crippen LogP contribution in [0.1, 0.15) is 12.0 Å². The molecule has 4 nitrogen and oxygen atoms in total. The molecule has 0 fully saturated rings. The molecule has 1 aromatic carbocycles. The van der Waals surface area contributed by atoms with Crippen LogP contribution in [0.2, 0.25) is 0 Å². The first-order valence-electron chi connectivity index (χ1n) is 6.17. The van der Waals surface area contributed by atoms with Crippen LogP contribution < -0.4 is 15.4 Å². The zero-order valence-corrected chi connectivity index (χ0v) is 12.3. The topological polar surface area (TPSA) is 50.4 Å². The minimum Gasteiger partial charge on any atom is -0.406 e. The van der Waals surface area contributed by atoms with Crippen molar-refractivity contribution in [3.8, 4) is 5.75 Å². The van der Waals surface area contributed by atoms with Gasteiger partial charge < -0.3 is 15.4 Å². The van der Waals surface area contributed by atoms with E-state index in [1.807, 2.05) is 0 Å². The van der Waals surface area contributed by atoms with Crippen LogP contribution in [0.25, 0.3) is 0 Å². The average molecular weight is 327 g/mol. The summed E-state index contributed by atoms with van der Waals surface area (Å²) in [5, 5.41) is 5.48. The molecule has 0 atom stereocenters. The highest BCUT2D eigenvalue weighted by atomic mass is 35.5. The lowest BCUT2D eigenvalue weighted by atomic mass is 10.1. The molecule has 0 aliphatic rings. The third-order valence-corrected chi connectivity index (χ3v) is 2.52. The summed E-state index contributed by atoms with van der Waals surface area (Å²) >= 11 is 0. The van der Waals surface area contributed by atoms with Gasteiger partial charge in [-0.25, -0.2) is 0 Å². The molecule has 1 rings (SSSR count). The summed E-state index contributed by atoms with van der Waals surface area (Å²) < 4.78 is 40.6. The number of carbonyl (C=O) groups excluding carboxylic acids is 1. The standard InChI is InChI=1S/C13H17F3N2O2.ClH/c1-17-8-7-12(19)18-9-6-10-4-2-3-5-11(10)20-13(14,15)16;/h2-5,17H,6-9H2,1H3,(H,18,19);1H. The van der Waals surface area contributed by atoms with Crippen LogP contribution in [0, 0.1) is 0 Å². The van der Waals surface area contributed by atoms with Gasteiger partial charge in [0.2, 0.25) is 5.91 Å². The summed E-state index contributed by atoms with van der Waals surface area (Å²) in [4.78, 5) is 11.3. The molecule has 0 aliphatic carbocycles. The zero-order valence-electron chi connectivity index (χ0n) is 11.5. The Bertz CT molecular complexity index is 442. The van der Waals surface area contributed by atoms with Crippen molar-refractivity contribution in [2.75, 3.05) is 20.1 Å². The molecule has 0 heterocycles. The minimum absolute atomic E-state index is 0. The third kappa shape index (κ3) is 8.41. The van der Waals surface area contributed by atoms with Crippen molar-refractivity contribution < 1.29 is 22.7 Å². The highest BCUT2D eigenvalue weighted by Crippen LogP contribution is 2.26. The highest BCUT2D eigenvalue weighted by molar-refractivity contribution is 5.85. The number of halogens is 4. The van der Waals surface area contributed by atoms with Gasteiger partial charge in [0.1, 0.15) is 5.75 Å². The second-order valence-electron chi connectivity index (χ2n) is 4.11. The molecule has 0 aromatic heterocycles. The first kappa shape index (κ1) is 19.5. The normalized spacial score (nSPS) is 10.7. The van der Waals surface area contributed by atoms with Crippen molar-refractivity contribution in [2.45, 2.75) is 19.2 Å². The maximum Gasteiger partial charge on any atom is 0.573 e. The fourth-order valence-electron chi connectivity index (χ4n) is 1.60. The maximum atomic E-state index is 12.2. The molecule has 0 bridgehead atoms. The second-order valence-corrected chi connectivity index (χ2v) is 4.11. The van der Waals surface area contributed by atoms with Gasteiger partial charge in [0.25, 0.3) is 0 Å². The SMILES string of the molecule is CNCCC(=O)NCCc1ccccc1OC(F)(F)F.Cl. The summed E-state index contributed by atoms with van der Waals surface area (Å²) in [6, 6.07) is 5.89. The second kappa shape index (κ2) is 9.46. The van der Waals surface area contributed by atoms with Crippen molar-refractivity contribution in [3.63, 3.8) is 0 Å². The van der Waals surface area contributed by atoms with E-state index in [-0.39, 0.29) is 37.0 Å². The van der Waals surface area contributed by atoms with Gasteiger partial charge in [-0.05, 0) is 25.1 Å². The number of hydrogen-bond acceptors (Lipinski definition) is 3. The van der Waals surface area contributed by atoms with Crippen molar-refractivity contribution in [3.05, 3.63) is 29.8 Å². The first-order valence-corrected chi connectivity index (χ1v) is 6.17. The fourth-order valence-corrected chi connectivity index (χ4v) is 1.60. The van der Waals surface area contributed by atoms with Crippen LogP contribution >= 0.6 is 12.4 Å². The maximum absolute atomic E-state index is 12.2. The van der Waals surface area contributed by atoms with E-state index in [0.717, 1.165) is 0 Å². The van der Waals surface area contributed by atoms with Gasteiger partial charge >= 0.3 is 6.36 Å². The molecule has 1 aromatic rings. The molecule has 120 valence electrons. The van der Waals surface area contributed by atoms with Gasteiger partial charge in [-0.2, -0.15) is 0 Å². The Balaban J connectivity index is 0.00000400. The molecule has 0 aliphatic heterocycles. The van der Waals surface area contributed by atoms with E-state index < -0.39 is 6.36 Å². The van der Waals surface area contributed by atoms with E-state index in [4.69, 9.17) is 0 Å². The lowest BCUT2D eigenvalue weighted by molar-refractivity contribution is -0.274. The van der Waals surface area contributed by atoms with Crippen LogP contribution in [0.3, 0.4) is 0 Å². The Morgan fingerprint density at radius 2 is 1.90 bits per heavy atom. The van der Waals surface area contributed by atoms with E-state index in [2.05, 4.69) is 15.4 Å². The Hall–Kier alpha value is -1.47. The Morgan fingerprint density at radius 1 is 1.24 bits per heavy atom. The summed E-state index contributed by atoms with van der Waals surface area (Å²) in [6.45, 7) is 0.820. The van der Waals surface area contributed by atoms with Crippen LogP contribution in [0.5, 0.6) is 5.75 Å². The molecule has 0 saturated carbocycles. The summed E-state index contributed by atoms with van der Waals surface area (Å²) in [6.07, 6.45) is -4.11. The zero-order chi connectivity index (χ0) is 15.0. The monoisotopic (exact) mass is 326 g/mol. The van der Waals surface area contributed by atoms with Crippen molar-refractivity contribution >= 4 is 18.3 Å². The van der Waals surface area contributed by atoms with Crippen LogP contribution in [0.4, 0.5) is 13.2 Å². The molecule has 2 N–H and O–H groups in total. The van der Waals surface area contributed by atoms with Gasteiger partial charge in [-0.1, -0.05) is 18.2 Å². The number of para-hydroxylation sites is 1. The number of hydrogen-bond donors (Lipinski definition) is 2. The fraction of sp³-hybridized carbons (Fsp3) is 0.462. The Kier molecular flexibility index (Phi) is 8.80. The lowest BCUT2D eigenvalue weighted by Gasteiger charge is -2.13. The number of amides is 1. The van der Waals surface area contributed by atoms with Gasteiger partial charge in [0.05, 0.1) is 0 Å². The first-order chi connectivity index (χ1) is 9.42. The molecule has 0 unspecified atom stereocenters. The summed E-state index contributed by atoms with van der Waals surface area (Å²) in [7, 11) is 1.73. The lowest BCUT2D eigenvalue weighted by Crippen LogP contribution is -2.28. The Morgan fingerprint density at radius 3 is 2.52 bits per heavy atom. The van der Waals surface area contributed by atoms with Gasteiger partial charge in [0, 0.05) is 19.5 Å². The van der Waals surface area contributed by atoms with Crippen LogP contribution in [-0.4, -0.2) is 32.4 Å². The van der Waals surface area contributed by atoms with E-state index in [0.29, 0.717) is 18.5 Å². The predicted molar refractivity (Wildman–Crippen MR) is 75.6 cm³/mol. The Labute approximate surface area is 127 Å². The van der Waals surface area contributed by atoms with Gasteiger partial charge in [0.15, 0.2) is 0 Å². The molecular weight excluding hydrogens is 309 g/mol. The smallest absolute Gasteiger partial charge is 0.406 e. The number of nitrogens with one attached hydrogen (secondary N) is 2. The van der Waals surface area contributed by atoms with E-state index >= 15 is 0 Å². The molecule has 21 heavy (non-hydrogen) atoms. The minimum atomic E-state index is -4.72. The summed E-state index contributed by atoms with van der Waals surface area (Å²) in [5.41, 5.74) is 0.402. The number of ether oxygens (including phenoxy) is 1. The third-order valence-electron chi connectivity index (χ3n) is 2.52. The van der Waals surface area contributed by atoms with Crippen LogP contribution in [-0.2, 0) is 11.2 Å². The predicted octanol–water partition coefficient (Wildman–Crippen LogP) is 2.28. The average Bonchev–Trinajstić information content (AvgIpc) is 2.36. The molecule has 0 radical (unpaired) electrons. The van der Waals surface area contributed by atoms with Gasteiger partial charge in [-0.3, -0.25) is 4.79 Å². The van der Waals surface area contributed by atoms with Crippen molar-refractivity contribution in [1.82, 2.24) is 10.6 Å². The molecule has 0 spiro atoms. The molecule has 1 amide bonds.